The maximum atomic E-state index is 12.1. The number of nitrogens with one attached hydrogen (secondary N) is 2. The highest BCUT2D eigenvalue weighted by Gasteiger charge is 2.34. The summed E-state index contributed by atoms with van der Waals surface area (Å²) in [6, 6.07) is 1.52. The van der Waals surface area contributed by atoms with Crippen molar-refractivity contribution in [2.75, 3.05) is 26.8 Å². The van der Waals surface area contributed by atoms with E-state index in [1.807, 2.05) is 13.0 Å². The molecule has 19 heavy (non-hydrogen) atoms. The highest BCUT2D eigenvalue weighted by atomic mass is 16.5. The van der Waals surface area contributed by atoms with Gasteiger partial charge in [0.1, 0.15) is 6.04 Å². The number of nitrogens with zero attached hydrogens (tertiary/aromatic N) is 2. The average Bonchev–Trinajstić information content (AvgIpc) is 3.07. The number of ether oxygens (including phenoxy) is 1. The summed E-state index contributed by atoms with van der Waals surface area (Å²) in [5, 5.41) is 10.5. The molecule has 1 saturated heterocycles. The van der Waals surface area contributed by atoms with Crippen LogP contribution in [-0.4, -0.2) is 48.0 Å². The summed E-state index contributed by atoms with van der Waals surface area (Å²) < 4.78 is 6.92. The number of amides is 1. The van der Waals surface area contributed by atoms with E-state index in [2.05, 4.69) is 15.7 Å². The van der Waals surface area contributed by atoms with E-state index < -0.39 is 0 Å². The molecule has 6 heteroatoms. The lowest BCUT2D eigenvalue weighted by molar-refractivity contribution is -0.124. The van der Waals surface area contributed by atoms with E-state index in [1.54, 1.807) is 24.2 Å². The van der Waals surface area contributed by atoms with E-state index in [1.165, 1.54) is 0 Å². The van der Waals surface area contributed by atoms with Crippen LogP contribution in [0.2, 0.25) is 0 Å². The molecular formula is C13H22N4O2. The molecule has 2 rings (SSSR count). The van der Waals surface area contributed by atoms with Crippen LogP contribution in [0.15, 0.2) is 18.5 Å². The number of aromatic nitrogens is 2. The quantitative estimate of drug-likeness (QED) is 0.778. The van der Waals surface area contributed by atoms with Gasteiger partial charge >= 0.3 is 0 Å². The number of hydrogen-bond acceptors (Lipinski definition) is 4. The predicted molar refractivity (Wildman–Crippen MR) is 71.8 cm³/mol. The Kier molecular flexibility index (Phi) is 4.55. The van der Waals surface area contributed by atoms with Crippen molar-refractivity contribution in [2.24, 2.45) is 0 Å². The highest BCUT2D eigenvalue weighted by Crippen LogP contribution is 2.19. The molecular weight excluding hydrogens is 244 g/mol. The third-order valence-electron chi connectivity index (χ3n) is 3.65. The Labute approximate surface area is 113 Å². The standard InChI is InChI=1S/C13H22N4O2/c1-11(17-8-4-7-16-17)12(18)14-9-13(10-19-2)5-3-6-15-13/h4,7-8,11,15H,3,5-6,9-10H2,1-2H3,(H,14,18). The summed E-state index contributed by atoms with van der Waals surface area (Å²) in [7, 11) is 1.69. The van der Waals surface area contributed by atoms with E-state index >= 15 is 0 Å². The van der Waals surface area contributed by atoms with Crippen molar-refractivity contribution in [3.8, 4) is 0 Å². The van der Waals surface area contributed by atoms with E-state index in [4.69, 9.17) is 4.74 Å². The molecule has 0 spiro atoms. The molecule has 6 nitrogen and oxygen atoms in total. The van der Waals surface area contributed by atoms with Crippen molar-refractivity contribution in [3.05, 3.63) is 18.5 Å². The third-order valence-corrected chi connectivity index (χ3v) is 3.65. The van der Waals surface area contributed by atoms with Crippen LogP contribution in [0, 0.1) is 0 Å². The van der Waals surface area contributed by atoms with Crippen LogP contribution in [-0.2, 0) is 9.53 Å². The fraction of sp³-hybridized carbons (Fsp3) is 0.692. The SMILES string of the molecule is COCC1(CNC(=O)C(C)n2cccn2)CCCN1. The number of methoxy groups -OCH3 is 1. The molecule has 2 N–H and O–H groups in total. The zero-order chi connectivity index (χ0) is 13.7. The van der Waals surface area contributed by atoms with Gasteiger partial charge in [-0.1, -0.05) is 0 Å². The van der Waals surface area contributed by atoms with Gasteiger partial charge in [0.15, 0.2) is 0 Å². The smallest absolute Gasteiger partial charge is 0.244 e. The van der Waals surface area contributed by atoms with Crippen molar-refractivity contribution in [1.29, 1.82) is 0 Å². The van der Waals surface area contributed by atoms with Gasteiger partial charge in [-0.3, -0.25) is 9.48 Å². The average molecular weight is 266 g/mol. The molecule has 1 aliphatic heterocycles. The van der Waals surface area contributed by atoms with E-state index in [9.17, 15) is 4.79 Å². The normalized spacial score (nSPS) is 24.3. The summed E-state index contributed by atoms with van der Waals surface area (Å²) >= 11 is 0. The van der Waals surface area contributed by atoms with Gasteiger partial charge in [0.05, 0.1) is 12.1 Å². The first-order valence-electron chi connectivity index (χ1n) is 6.68. The second kappa shape index (κ2) is 6.16. The zero-order valence-corrected chi connectivity index (χ0v) is 11.6. The van der Waals surface area contributed by atoms with Crippen molar-refractivity contribution >= 4 is 5.91 Å². The van der Waals surface area contributed by atoms with Crippen LogP contribution in [0.25, 0.3) is 0 Å². The van der Waals surface area contributed by atoms with Gasteiger partial charge in [0.25, 0.3) is 0 Å². The lowest BCUT2D eigenvalue weighted by atomic mass is 9.98. The Morgan fingerprint density at radius 3 is 3.11 bits per heavy atom. The molecule has 0 saturated carbocycles. The van der Waals surface area contributed by atoms with Crippen LogP contribution in [0.4, 0.5) is 0 Å². The molecule has 1 aromatic rings. The minimum Gasteiger partial charge on any atom is -0.383 e. The third kappa shape index (κ3) is 3.33. The molecule has 1 amide bonds. The monoisotopic (exact) mass is 266 g/mol. The largest absolute Gasteiger partial charge is 0.383 e. The number of carbonyl (C=O) groups excluding carboxylic acids is 1. The summed E-state index contributed by atoms with van der Waals surface area (Å²) in [5.41, 5.74) is -0.117. The molecule has 2 heterocycles. The summed E-state index contributed by atoms with van der Waals surface area (Å²) in [4.78, 5) is 12.1. The molecule has 106 valence electrons. The Bertz CT molecular complexity index is 399. The molecule has 2 unspecified atom stereocenters. The van der Waals surface area contributed by atoms with Gasteiger partial charge in [-0.2, -0.15) is 5.10 Å². The summed E-state index contributed by atoms with van der Waals surface area (Å²) in [5.74, 6) is -0.0205. The van der Waals surface area contributed by atoms with E-state index in [0.717, 1.165) is 19.4 Å². The van der Waals surface area contributed by atoms with Gasteiger partial charge in [-0.15, -0.1) is 0 Å². The Hall–Kier alpha value is -1.40. The molecule has 0 aromatic carbocycles. The lowest BCUT2D eigenvalue weighted by Gasteiger charge is -2.29. The minimum absolute atomic E-state index is 0.0205. The second-order valence-corrected chi connectivity index (χ2v) is 5.12. The van der Waals surface area contributed by atoms with Gasteiger partial charge in [-0.25, -0.2) is 0 Å². The van der Waals surface area contributed by atoms with Gasteiger partial charge < -0.3 is 15.4 Å². The van der Waals surface area contributed by atoms with Crippen LogP contribution in [0.1, 0.15) is 25.8 Å². The van der Waals surface area contributed by atoms with Crippen molar-refractivity contribution < 1.29 is 9.53 Å². The molecule has 2 atom stereocenters. The van der Waals surface area contributed by atoms with Crippen molar-refractivity contribution in [1.82, 2.24) is 20.4 Å². The molecule has 1 fully saturated rings. The molecule has 1 aliphatic rings. The van der Waals surface area contributed by atoms with Crippen LogP contribution < -0.4 is 10.6 Å². The Morgan fingerprint density at radius 1 is 1.68 bits per heavy atom. The van der Waals surface area contributed by atoms with Crippen molar-refractivity contribution in [2.45, 2.75) is 31.3 Å². The first kappa shape index (κ1) is 14.0. The maximum Gasteiger partial charge on any atom is 0.244 e. The highest BCUT2D eigenvalue weighted by molar-refractivity contribution is 5.79. The fourth-order valence-electron chi connectivity index (χ4n) is 2.50. The molecule has 0 aliphatic carbocycles. The second-order valence-electron chi connectivity index (χ2n) is 5.12. The summed E-state index contributed by atoms with van der Waals surface area (Å²) in [6.45, 7) is 4.02. The number of carbonyl (C=O) groups is 1. The lowest BCUT2D eigenvalue weighted by Crippen LogP contribution is -2.53. The molecule has 0 bridgehead atoms. The maximum absolute atomic E-state index is 12.1. The topological polar surface area (TPSA) is 68.2 Å². The van der Waals surface area contributed by atoms with Gasteiger partial charge in [-0.05, 0) is 32.4 Å². The van der Waals surface area contributed by atoms with E-state index in [-0.39, 0.29) is 17.5 Å². The van der Waals surface area contributed by atoms with Crippen LogP contribution in [0.3, 0.4) is 0 Å². The first-order chi connectivity index (χ1) is 9.17. The van der Waals surface area contributed by atoms with Crippen LogP contribution in [0.5, 0.6) is 0 Å². The first-order valence-corrected chi connectivity index (χ1v) is 6.68. The predicted octanol–water partition coefficient (Wildman–Crippen LogP) is 0.329. The molecule has 0 radical (unpaired) electrons. The fourth-order valence-corrected chi connectivity index (χ4v) is 2.50. The number of rotatable bonds is 6. The summed E-state index contributed by atoms with van der Waals surface area (Å²) in [6.07, 6.45) is 5.61. The van der Waals surface area contributed by atoms with E-state index in [0.29, 0.717) is 13.2 Å². The Balaban J connectivity index is 1.88. The Morgan fingerprint density at radius 2 is 2.53 bits per heavy atom. The number of hydrogen-bond donors (Lipinski definition) is 2. The minimum atomic E-state index is -0.295. The van der Waals surface area contributed by atoms with Crippen molar-refractivity contribution in [3.63, 3.8) is 0 Å². The van der Waals surface area contributed by atoms with Crippen LogP contribution >= 0.6 is 0 Å². The van der Waals surface area contributed by atoms with Gasteiger partial charge in [0, 0.05) is 26.0 Å². The zero-order valence-electron chi connectivity index (χ0n) is 11.6. The molecule has 1 aromatic heterocycles. The van der Waals surface area contributed by atoms with Gasteiger partial charge in [0.2, 0.25) is 5.91 Å².